The molecule has 0 aromatic carbocycles. The first-order valence-corrected chi connectivity index (χ1v) is 8.25. The Morgan fingerprint density at radius 2 is 1.90 bits per heavy atom. The molecule has 1 aromatic rings. The Labute approximate surface area is 124 Å². The van der Waals surface area contributed by atoms with Crippen molar-refractivity contribution in [3.05, 3.63) is 18.7 Å². The lowest BCUT2D eigenvalue weighted by molar-refractivity contribution is 0.227. The molecule has 0 aliphatic heterocycles. The van der Waals surface area contributed by atoms with Crippen molar-refractivity contribution in [1.82, 2.24) is 14.9 Å². The molecule has 1 unspecified atom stereocenters. The number of hydrogen-bond donors (Lipinski definition) is 1. The molecule has 1 aromatic heterocycles. The molecule has 2 rings (SSSR count). The summed E-state index contributed by atoms with van der Waals surface area (Å²) in [5, 5.41) is 3.85. The Kier molecular flexibility index (Phi) is 5.64. The number of hydrogen-bond acceptors (Lipinski definition) is 2. The molecule has 1 aliphatic carbocycles. The van der Waals surface area contributed by atoms with Gasteiger partial charge in [-0.15, -0.1) is 0 Å². The average molecular weight is 277 g/mol. The predicted molar refractivity (Wildman–Crippen MR) is 84.7 cm³/mol. The van der Waals surface area contributed by atoms with Gasteiger partial charge in [0.05, 0.1) is 6.33 Å². The van der Waals surface area contributed by atoms with Crippen LogP contribution in [0, 0.1) is 11.3 Å². The van der Waals surface area contributed by atoms with Crippen molar-refractivity contribution in [3.8, 4) is 0 Å². The van der Waals surface area contributed by atoms with Crippen LogP contribution in [0.2, 0.25) is 0 Å². The van der Waals surface area contributed by atoms with E-state index < -0.39 is 0 Å². The summed E-state index contributed by atoms with van der Waals surface area (Å²) in [5.74, 6) is 0.880. The maximum Gasteiger partial charge on any atom is 0.0946 e. The minimum absolute atomic E-state index is 0.273. The molecule has 1 N–H and O–H groups in total. The SMILES string of the molecule is CC(C)(C)C(Cn1ccnc1)NCC1CCCCCC1. The Balaban J connectivity index is 1.87. The molecule has 0 radical (unpaired) electrons. The lowest BCUT2D eigenvalue weighted by Crippen LogP contribution is -2.45. The van der Waals surface area contributed by atoms with Gasteiger partial charge in [-0.05, 0) is 30.7 Å². The average Bonchev–Trinajstić information content (AvgIpc) is 2.75. The van der Waals surface area contributed by atoms with Crippen molar-refractivity contribution >= 4 is 0 Å². The van der Waals surface area contributed by atoms with Crippen LogP contribution in [0.5, 0.6) is 0 Å². The van der Waals surface area contributed by atoms with E-state index in [2.05, 4.69) is 41.8 Å². The lowest BCUT2D eigenvalue weighted by atomic mass is 9.86. The van der Waals surface area contributed by atoms with Gasteiger partial charge in [-0.3, -0.25) is 0 Å². The molecule has 1 aliphatic rings. The van der Waals surface area contributed by atoms with Crippen LogP contribution in [-0.4, -0.2) is 22.1 Å². The molecule has 0 spiro atoms. The fraction of sp³-hybridized carbons (Fsp3) is 0.824. The van der Waals surface area contributed by atoms with Crippen LogP contribution in [-0.2, 0) is 6.54 Å². The van der Waals surface area contributed by atoms with Gasteiger partial charge in [-0.25, -0.2) is 4.98 Å². The van der Waals surface area contributed by atoms with Gasteiger partial charge in [-0.2, -0.15) is 0 Å². The normalized spacial score (nSPS) is 19.8. The van der Waals surface area contributed by atoms with Gasteiger partial charge in [0.1, 0.15) is 0 Å². The zero-order valence-electron chi connectivity index (χ0n) is 13.4. The molecule has 3 nitrogen and oxygen atoms in total. The summed E-state index contributed by atoms with van der Waals surface area (Å²) in [4.78, 5) is 4.15. The highest BCUT2D eigenvalue weighted by atomic mass is 15.1. The van der Waals surface area contributed by atoms with Crippen LogP contribution in [0.3, 0.4) is 0 Å². The van der Waals surface area contributed by atoms with Gasteiger partial charge < -0.3 is 9.88 Å². The third kappa shape index (κ3) is 4.93. The van der Waals surface area contributed by atoms with E-state index in [0.29, 0.717) is 6.04 Å². The van der Waals surface area contributed by atoms with E-state index in [1.165, 1.54) is 45.1 Å². The summed E-state index contributed by atoms with van der Waals surface area (Å²) in [6, 6.07) is 0.500. The fourth-order valence-corrected chi connectivity index (χ4v) is 3.13. The van der Waals surface area contributed by atoms with Crippen molar-refractivity contribution in [2.45, 2.75) is 71.9 Å². The first-order valence-electron chi connectivity index (χ1n) is 8.25. The summed E-state index contributed by atoms with van der Waals surface area (Å²) < 4.78 is 2.19. The lowest BCUT2D eigenvalue weighted by Gasteiger charge is -2.33. The number of aromatic nitrogens is 2. The van der Waals surface area contributed by atoms with Gasteiger partial charge in [-0.1, -0.05) is 46.5 Å². The van der Waals surface area contributed by atoms with E-state index in [-0.39, 0.29) is 5.41 Å². The Morgan fingerprint density at radius 1 is 1.20 bits per heavy atom. The van der Waals surface area contributed by atoms with Crippen LogP contribution < -0.4 is 5.32 Å². The minimum Gasteiger partial charge on any atom is -0.336 e. The van der Waals surface area contributed by atoms with E-state index in [1.807, 2.05) is 12.5 Å². The molecule has 0 saturated heterocycles. The first kappa shape index (κ1) is 15.6. The monoisotopic (exact) mass is 277 g/mol. The summed E-state index contributed by atoms with van der Waals surface area (Å²) >= 11 is 0. The molecule has 1 saturated carbocycles. The van der Waals surface area contributed by atoms with Crippen molar-refractivity contribution < 1.29 is 0 Å². The van der Waals surface area contributed by atoms with Crippen LogP contribution in [0.25, 0.3) is 0 Å². The first-order chi connectivity index (χ1) is 9.55. The molecular weight excluding hydrogens is 246 g/mol. The van der Waals surface area contributed by atoms with Crippen molar-refractivity contribution in [2.75, 3.05) is 6.54 Å². The number of imidazole rings is 1. The smallest absolute Gasteiger partial charge is 0.0946 e. The molecule has 20 heavy (non-hydrogen) atoms. The second-order valence-corrected chi connectivity index (χ2v) is 7.44. The summed E-state index contributed by atoms with van der Waals surface area (Å²) in [6.07, 6.45) is 14.4. The fourth-order valence-electron chi connectivity index (χ4n) is 3.13. The molecule has 0 bridgehead atoms. The zero-order valence-corrected chi connectivity index (χ0v) is 13.4. The zero-order chi connectivity index (χ0) is 14.4. The molecule has 0 amide bonds. The Bertz CT molecular complexity index is 356. The number of rotatable bonds is 5. The maximum absolute atomic E-state index is 4.15. The van der Waals surface area contributed by atoms with Crippen molar-refractivity contribution in [1.29, 1.82) is 0 Å². The molecule has 3 heteroatoms. The van der Waals surface area contributed by atoms with Crippen LogP contribution in [0.15, 0.2) is 18.7 Å². The summed E-state index contributed by atoms with van der Waals surface area (Å²) in [7, 11) is 0. The quantitative estimate of drug-likeness (QED) is 0.828. The highest BCUT2D eigenvalue weighted by molar-refractivity contribution is 4.85. The van der Waals surface area contributed by atoms with E-state index in [0.717, 1.165) is 12.5 Å². The Hall–Kier alpha value is -0.830. The molecule has 1 atom stereocenters. The van der Waals surface area contributed by atoms with E-state index in [9.17, 15) is 0 Å². The van der Waals surface area contributed by atoms with Crippen LogP contribution >= 0.6 is 0 Å². The van der Waals surface area contributed by atoms with Crippen molar-refractivity contribution in [3.63, 3.8) is 0 Å². The van der Waals surface area contributed by atoms with Crippen LogP contribution in [0.1, 0.15) is 59.3 Å². The van der Waals surface area contributed by atoms with Gasteiger partial charge >= 0.3 is 0 Å². The third-order valence-corrected chi connectivity index (χ3v) is 4.63. The predicted octanol–water partition coefficient (Wildman–Crippen LogP) is 3.86. The number of nitrogens with one attached hydrogen (secondary N) is 1. The second-order valence-electron chi connectivity index (χ2n) is 7.44. The van der Waals surface area contributed by atoms with E-state index in [1.54, 1.807) is 0 Å². The number of nitrogens with zero attached hydrogens (tertiary/aromatic N) is 2. The van der Waals surface area contributed by atoms with E-state index >= 15 is 0 Å². The van der Waals surface area contributed by atoms with Crippen LogP contribution in [0.4, 0.5) is 0 Å². The van der Waals surface area contributed by atoms with Gasteiger partial charge in [0.15, 0.2) is 0 Å². The Morgan fingerprint density at radius 3 is 2.45 bits per heavy atom. The second kappa shape index (κ2) is 7.26. The molecular formula is C17H31N3. The topological polar surface area (TPSA) is 29.9 Å². The molecule has 114 valence electrons. The largest absolute Gasteiger partial charge is 0.336 e. The maximum atomic E-state index is 4.15. The molecule has 1 heterocycles. The highest BCUT2D eigenvalue weighted by Gasteiger charge is 2.25. The standard InChI is InChI=1S/C17H31N3/c1-17(2,3)16(13-20-11-10-18-14-20)19-12-15-8-6-4-5-7-9-15/h10-11,14-16,19H,4-9,12-13H2,1-3H3. The highest BCUT2D eigenvalue weighted by Crippen LogP contribution is 2.24. The summed E-state index contributed by atoms with van der Waals surface area (Å²) in [6.45, 7) is 9.17. The van der Waals surface area contributed by atoms with E-state index in [4.69, 9.17) is 0 Å². The van der Waals surface area contributed by atoms with Gasteiger partial charge in [0, 0.05) is 25.0 Å². The minimum atomic E-state index is 0.273. The molecule has 1 fully saturated rings. The summed E-state index contributed by atoms with van der Waals surface area (Å²) in [5.41, 5.74) is 0.273. The third-order valence-electron chi connectivity index (χ3n) is 4.63. The van der Waals surface area contributed by atoms with Gasteiger partial charge in [0.25, 0.3) is 0 Å². The van der Waals surface area contributed by atoms with Crippen molar-refractivity contribution in [2.24, 2.45) is 11.3 Å². The van der Waals surface area contributed by atoms with Gasteiger partial charge in [0.2, 0.25) is 0 Å².